The van der Waals surface area contributed by atoms with Crippen molar-refractivity contribution in [1.82, 2.24) is 15.4 Å². The fraction of sp³-hybridized carbons (Fsp3) is 0.407. The Morgan fingerprint density at radius 2 is 1.87 bits per heavy atom. The van der Waals surface area contributed by atoms with Crippen LogP contribution in [0.2, 0.25) is 5.02 Å². The fourth-order valence-electron chi connectivity index (χ4n) is 4.08. The van der Waals surface area contributed by atoms with Crippen LogP contribution in [0.4, 0.5) is 4.39 Å². The number of benzene rings is 2. The number of thiophene rings is 1. The molecule has 0 saturated carbocycles. The van der Waals surface area contributed by atoms with Crippen molar-refractivity contribution in [2.24, 2.45) is 5.92 Å². The largest absolute Gasteiger partial charge is 0.395 e. The number of nitrogens with one attached hydrogen (secondary N) is 3. The molecule has 2 atom stereocenters. The normalized spacial score (nSPS) is 13.4. The van der Waals surface area contributed by atoms with E-state index in [1.54, 1.807) is 11.3 Å². The van der Waals surface area contributed by atoms with Crippen molar-refractivity contribution in [2.45, 2.75) is 56.5 Å². The number of halogens is 2. The summed E-state index contributed by atoms with van der Waals surface area (Å²) in [5, 5.41) is 16.1. The number of carbonyl (C=O) groups excluding carboxylic acids is 2. The van der Waals surface area contributed by atoms with E-state index in [-0.39, 0.29) is 47.0 Å². The van der Waals surface area contributed by atoms with Gasteiger partial charge >= 0.3 is 0 Å². The third-order valence-electron chi connectivity index (χ3n) is 5.92. The zero-order chi connectivity index (χ0) is 28.6. The molecule has 0 unspecified atom stereocenters. The monoisotopic (exact) mass is 597 g/mol. The van der Waals surface area contributed by atoms with Crippen molar-refractivity contribution in [2.75, 3.05) is 13.2 Å². The molecule has 8 nitrogen and oxygen atoms in total. The van der Waals surface area contributed by atoms with Crippen molar-refractivity contribution >= 4 is 54.9 Å². The van der Waals surface area contributed by atoms with E-state index in [9.17, 15) is 27.5 Å². The Balaban J connectivity index is 1.50. The fourth-order valence-corrected chi connectivity index (χ4v) is 6.93. The van der Waals surface area contributed by atoms with E-state index in [0.29, 0.717) is 12.8 Å². The molecule has 212 valence electrons. The molecule has 1 heterocycles. The first-order valence-electron chi connectivity index (χ1n) is 12.6. The van der Waals surface area contributed by atoms with Crippen molar-refractivity contribution in [3.63, 3.8) is 0 Å². The highest BCUT2D eigenvalue weighted by molar-refractivity contribution is 7.89. The van der Waals surface area contributed by atoms with Crippen LogP contribution in [0.5, 0.6) is 0 Å². The highest BCUT2D eigenvalue weighted by Gasteiger charge is 2.24. The first-order chi connectivity index (χ1) is 18.5. The molecule has 4 N–H and O–H groups in total. The molecule has 0 bridgehead atoms. The summed E-state index contributed by atoms with van der Waals surface area (Å²) in [6, 6.07) is 11.3. The molecule has 0 fully saturated rings. The molecule has 0 aliphatic rings. The van der Waals surface area contributed by atoms with E-state index in [0.717, 1.165) is 33.2 Å². The van der Waals surface area contributed by atoms with Crippen LogP contribution in [0.25, 0.3) is 10.1 Å². The van der Waals surface area contributed by atoms with Crippen LogP contribution in [0.3, 0.4) is 0 Å². The summed E-state index contributed by atoms with van der Waals surface area (Å²) in [6.07, 6.45) is 1.22. The number of fused-ring (bicyclic) bond motifs is 1. The third kappa shape index (κ3) is 9.25. The van der Waals surface area contributed by atoms with Crippen molar-refractivity contribution in [3.05, 3.63) is 64.2 Å². The Kier molecular flexibility index (Phi) is 11.3. The Labute approximate surface area is 237 Å². The van der Waals surface area contributed by atoms with Crippen molar-refractivity contribution in [3.8, 4) is 0 Å². The number of aliphatic hydroxyl groups is 1. The number of rotatable bonds is 14. The molecule has 0 aliphatic carbocycles. The zero-order valence-electron chi connectivity index (χ0n) is 21.7. The Hall–Kier alpha value is -2.57. The van der Waals surface area contributed by atoms with E-state index in [2.05, 4.69) is 15.4 Å². The first-order valence-corrected chi connectivity index (χ1v) is 15.3. The average Bonchev–Trinajstić information content (AvgIpc) is 3.26. The summed E-state index contributed by atoms with van der Waals surface area (Å²) >= 11 is 7.41. The minimum absolute atomic E-state index is 0.164. The lowest BCUT2D eigenvalue weighted by molar-refractivity contribution is -0.129. The number of amides is 2. The molecule has 0 spiro atoms. The van der Waals surface area contributed by atoms with Gasteiger partial charge in [0.05, 0.1) is 18.1 Å². The summed E-state index contributed by atoms with van der Waals surface area (Å²) in [5.74, 6) is -1.07. The maximum absolute atomic E-state index is 13.3. The van der Waals surface area contributed by atoms with Gasteiger partial charge in [-0.05, 0) is 60.9 Å². The maximum atomic E-state index is 13.3. The minimum Gasteiger partial charge on any atom is -0.395 e. The molecule has 39 heavy (non-hydrogen) atoms. The first kappa shape index (κ1) is 31.0. The lowest BCUT2D eigenvalue weighted by Crippen LogP contribution is -2.48. The summed E-state index contributed by atoms with van der Waals surface area (Å²) in [5.41, 5.74) is 0. The lowest BCUT2D eigenvalue weighted by Gasteiger charge is -2.21. The topological polar surface area (TPSA) is 125 Å². The van der Waals surface area contributed by atoms with Crippen LogP contribution in [-0.4, -0.2) is 50.6 Å². The number of carbonyl (C=O) groups is 2. The summed E-state index contributed by atoms with van der Waals surface area (Å²) < 4.78 is 42.0. The lowest BCUT2D eigenvalue weighted by atomic mass is 10.0. The second-order valence-corrected chi connectivity index (χ2v) is 12.9. The number of aliphatic hydroxyl groups excluding tert-OH is 1. The van der Waals surface area contributed by atoms with Crippen LogP contribution in [0.1, 0.15) is 38.0 Å². The van der Waals surface area contributed by atoms with Gasteiger partial charge in [-0.3, -0.25) is 9.59 Å². The van der Waals surface area contributed by atoms with Crippen molar-refractivity contribution in [1.29, 1.82) is 0 Å². The molecule has 0 radical (unpaired) electrons. The van der Waals surface area contributed by atoms with Gasteiger partial charge in [-0.25, -0.2) is 17.5 Å². The molecule has 3 aromatic rings. The highest BCUT2D eigenvalue weighted by atomic mass is 35.5. The average molecular weight is 598 g/mol. The smallest absolute Gasteiger partial charge is 0.242 e. The third-order valence-corrected chi connectivity index (χ3v) is 9.04. The van der Waals surface area contributed by atoms with E-state index in [1.165, 1.54) is 0 Å². The standard InChI is InChI=1S/C27H33ClFN3O5S2/c1-17(2)12-23(31-26(34)15-21-13-18-6-3-4-8-24(18)38-21)27(35)30-11-5-7-20(16-33)32-39(36,37)25-10-9-19(29)14-22(25)28/h3-4,6,8-10,13-14,17,20,23,32-33H,5,7,11-12,15-16H2,1-2H3,(H,30,35)(H,31,34)/t20-,23-/m0/s1. The zero-order valence-corrected chi connectivity index (χ0v) is 24.1. The summed E-state index contributed by atoms with van der Waals surface area (Å²) in [4.78, 5) is 26.2. The van der Waals surface area contributed by atoms with Crippen LogP contribution in [-0.2, 0) is 26.0 Å². The molecule has 1 aromatic heterocycles. The van der Waals surface area contributed by atoms with Crippen molar-refractivity contribution < 1.29 is 27.5 Å². The molecular formula is C27H33ClFN3O5S2. The Morgan fingerprint density at radius 3 is 2.54 bits per heavy atom. The van der Waals surface area contributed by atoms with E-state index < -0.39 is 34.5 Å². The quantitative estimate of drug-likeness (QED) is 0.209. The molecule has 3 rings (SSSR count). The molecule has 0 saturated heterocycles. The van der Waals surface area contributed by atoms with Crippen LogP contribution >= 0.6 is 22.9 Å². The summed E-state index contributed by atoms with van der Waals surface area (Å²) in [7, 11) is -4.09. The molecule has 12 heteroatoms. The van der Waals surface area contributed by atoms with E-state index in [4.69, 9.17) is 11.6 Å². The summed E-state index contributed by atoms with van der Waals surface area (Å²) in [6.45, 7) is 3.67. The van der Waals surface area contributed by atoms with Gasteiger partial charge in [-0.15, -0.1) is 11.3 Å². The van der Waals surface area contributed by atoms with Gasteiger partial charge in [0.1, 0.15) is 16.8 Å². The van der Waals surface area contributed by atoms with Crippen LogP contribution < -0.4 is 15.4 Å². The molecule has 2 amide bonds. The van der Waals surface area contributed by atoms with Gasteiger partial charge in [0.2, 0.25) is 21.8 Å². The predicted molar refractivity (Wildman–Crippen MR) is 152 cm³/mol. The maximum Gasteiger partial charge on any atom is 0.242 e. The number of hydrogen-bond donors (Lipinski definition) is 4. The van der Waals surface area contributed by atoms with Crippen LogP contribution in [0, 0.1) is 11.7 Å². The second-order valence-electron chi connectivity index (χ2n) is 9.69. The van der Waals surface area contributed by atoms with Gasteiger partial charge in [0.25, 0.3) is 0 Å². The highest BCUT2D eigenvalue weighted by Crippen LogP contribution is 2.26. The van der Waals surface area contributed by atoms with Crippen LogP contribution in [0.15, 0.2) is 53.4 Å². The number of hydrogen-bond acceptors (Lipinski definition) is 6. The van der Waals surface area contributed by atoms with Gasteiger partial charge in [-0.1, -0.05) is 43.6 Å². The van der Waals surface area contributed by atoms with E-state index in [1.807, 2.05) is 44.2 Å². The molecule has 0 aliphatic heterocycles. The Morgan fingerprint density at radius 1 is 1.13 bits per heavy atom. The van der Waals surface area contributed by atoms with Gasteiger partial charge < -0.3 is 15.7 Å². The predicted octanol–water partition coefficient (Wildman–Crippen LogP) is 4.00. The SMILES string of the molecule is CC(C)C[C@H](NC(=O)Cc1cc2ccccc2s1)C(=O)NCCC[C@@H](CO)NS(=O)(=O)c1ccc(F)cc1Cl. The van der Waals surface area contributed by atoms with Gasteiger partial charge in [0, 0.05) is 22.2 Å². The van der Waals surface area contributed by atoms with Gasteiger partial charge in [0.15, 0.2) is 0 Å². The van der Waals surface area contributed by atoms with Gasteiger partial charge in [-0.2, -0.15) is 0 Å². The second kappa shape index (κ2) is 14.2. The molecule has 2 aromatic carbocycles. The Bertz CT molecular complexity index is 1360. The molecular weight excluding hydrogens is 565 g/mol. The minimum atomic E-state index is -4.09. The number of sulfonamides is 1. The van der Waals surface area contributed by atoms with E-state index >= 15 is 0 Å².